The van der Waals surface area contributed by atoms with E-state index >= 15 is 0 Å². The van der Waals surface area contributed by atoms with Gasteiger partial charge in [-0.05, 0) is 61.0 Å². The summed E-state index contributed by atoms with van der Waals surface area (Å²) in [5, 5.41) is 12.8. The van der Waals surface area contributed by atoms with Crippen LogP contribution in [0.1, 0.15) is 13.3 Å². The number of thiophene rings is 1. The van der Waals surface area contributed by atoms with Gasteiger partial charge >= 0.3 is 6.09 Å². The summed E-state index contributed by atoms with van der Waals surface area (Å²) >= 11 is 1.62. The van der Waals surface area contributed by atoms with Crippen molar-refractivity contribution in [1.82, 2.24) is 24.5 Å². The molecule has 0 radical (unpaired) electrons. The van der Waals surface area contributed by atoms with Crippen LogP contribution in [-0.4, -0.2) is 49.1 Å². The molecule has 1 unspecified atom stereocenters. The van der Waals surface area contributed by atoms with Gasteiger partial charge in [0.1, 0.15) is 5.82 Å². The maximum atomic E-state index is 12.8. The summed E-state index contributed by atoms with van der Waals surface area (Å²) in [7, 11) is -3.04. The predicted octanol–water partition coefficient (Wildman–Crippen LogP) is 4.38. The summed E-state index contributed by atoms with van der Waals surface area (Å²) in [6, 6.07) is 12.6. The molecule has 36 heavy (non-hydrogen) atoms. The van der Waals surface area contributed by atoms with Crippen LogP contribution >= 0.6 is 11.3 Å². The van der Waals surface area contributed by atoms with Crippen molar-refractivity contribution in [2.24, 2.45) is 0 Å². The van der Waals surface area contributed by atoms with Crippen LogP contribution in [0.25, 0.3) is 10.4 Å². The lowest BCUT2D eigenvalue weighted by Crippen LogP contribution is -2.30. The molecule has 0 fully saturated rings. The van der Waals surface area contributed by atoms with Crippen LogP contribution in [0.4, 0.5) is 22.2 Å². The van der Waals surface area contributed by atoms with E-state index in [1.165, 1.54) is 0 Å². The Kier molecular flexibility index (Phi) is 8.18. The first kappa shape index (κ1) is 25.2. The summed E-state index contributed by atoms with van der Waals surface area (Å²) < 4.78 is 21.7. The highest BCUT2D eigenvalue weighted by atomic mass is 32.2. The van der Waals surface area contributed by atoms with Gasteiger partial charge in [0, 0.05) is 47.1 Å². The fourth-order valence-corrected chi connectivity index (χ4v) is 5.07. The molecule has 4 rings (SSSR count). The number of benzene rings is 1. The average molecular weight is 526 g/mol. The number of hydrogen-bond acceptors (Lipinski definition) is 9. The lowest BCUT2D eigenvalue weighted by atomic mass is 10.2. The fourth-order valence-electron chi connectivity index (χ4n) is 3.31. The van der Waals surface area contributed by atoms with E-state index < -0.39 is 15.8 Å². The van der Waals surface area contributed by atoms with Gasteiger partial charge in [0.15, 0.2) is 0 Å². The Morgan fingerprint density at radius 1 is 1.22 bits per heavy atom. The van der Waals surface area contributed by atoms with Crippen LogP contribution in [0.2, 0.25) is 0 Å². The lowest BCUT2D eigenvalue weighted by molar-refractivity contribution is 0.159. The van der Waals surface area contributed by atoms with Gasteiger partial charge in [-0.2, -0.15) is 10.1 Å². The molecule has 3 aromatic heterocycles. The highest BCUT2D eigenvalue weighted by Gasteiger charge is 2.14. The number of aromatic nitrogens is 4. The smallest absolute Gasteiger partial charge is 0.418 e. The van der Waals surface area contributed by atoms with E-state index in [-0.39, 0.29) is 6.61 Å². The minimum Gasteiger partial charge on any atom is -0.449 e. The molecule has 0 aliphatic heterocycles. The Labute approximate surface area is 213 Å². The van der Waals surface area contributed by atoms with Gasteiger partial charge in [-0.1, -0.05) is 6.07 Å². The lowest BCUT2D eigenvalue weighted by Gasteiger charge is -2.14. The molecule has 12 heteroatoms. The minimum absolute atomic E-state index is 0.177. The monoisotopic (exact) mass is 525 g/mol. The number of hydrogen-bond donors (Lipinski definition) is 3. The van der Waals surface area contributed by atoms with E-state index in [0.29, 0.717) is 23.1 Å². The molecule has 1 atom stereocenters. The third kappa shape index (κ3) is 6.61. The van der Waals surface area contributed by atoms with Crippen LogP contribution in [-0.2, 0) is 21.0 Å². The topological polar surface area (TPSA) is 123 Å². The fraction of sp³-hybridized carbons (Fsp3) is 0.208. The SMILES string of the molecule is C=S(=O)(NC(=O)OCC)c1ccc(Nc2ncc(-c3cccs3)c(NCCCn3cccn3)n2)cc1. The van der Waals surface area contributed by atoms with Crippen LogP contribution in [0, 0.1) is 0 Å². The summed E-state index contributed by atoms with van der Waals surface area (Å²) in [6.45, 7) is 3.37. The Bertz CT molecular complexity index is 1370. The Morgan fingerprint density at radius 3 is 2.75 bits per heavy atom. The number of amides is 1. The van der Waals surface area contributed by atoms with Gasteiger partial charge < -0.3 is 15.4 Å². The Balaban J connectivity index is 1.46. The molecular weight excluding hydrogens is 498 g/mol. The molecule has 1 amide bonds. The van der Waals surface area contributed by atoms with Gasteiger partial charge in [0.05, 0.1) is 21.9 Å². The van der Waals surface area contributed by atoms with E-state index in [1.54, 1.807) is 54.9 Å². The average Bonchev–Trinajstić information content (AvgIpc) is 3.57. The van der Waals surface area contributed by atoms with Gasteiger partial charge in [-0.3, -0.25) is 4.68 Å². The molecule has 10 nitrogen and oxygen atoms in total. The number of carbonyl (C=O) groups is 1. The zero-order valence-corrected chi connectivity index (χ0v) is 21.3. The molecule has 4 aromatic rings. The Hall–Kier alpha value is -3.90. The van der Waals surface area contributed by atoms with Crippen LogP contribution in [0.3, 0.4) is 0 Å². The molecule has 3 N–H and O–H groups in total. The van der Waals surface area contributed by atoms with E-state index in [1.807, 2.05) is 34.5 Å². The first-order chi connectivity index (χ1) is 17.4. The zero-order valence-electron chi connectivity index (χ0n) is 19.7. The summed E-state index contributed by atoms with van der Waals surface area (Å²) in [6.07, 6.45) is 5.60. The van der Waals surface area contributed by atoms with Crippen molar-refractivity contribution in [3.05, 3.63) is 66.4 Å². The highest BCUT2D eigenvalue weighted by molar-refractivity contribution is 7.99. The largest absolute Gasteiger partial charge is 0.449 e. The van der Waals surface area contributed by atoms with E-state index in [0.717, 1.165) is 29.2 Å². The third-order valence-corrected chi connectivity index (χ3v) is 7.44. The number of aryl methyl sites for hydroxylation is 1. The zero-order chi connectivity index (χ0) is 25.4. The highest BCUT2D eigenvalue weighted by Crippen LogP contribution is 2.31. The molecule has 0 spiro atoms. The van der Waals surface area contributed by atoms with Crippen molar-refractivity contribution in [2.45, 2.75) is 24.8 Å². The van der Waals surface area contributed by atoms with Crippen molar-refractivity contribution < 1.29 is 13.7 Å². The normalized spacial score (nSPS) is 12.5. The molecule has 0 saturated carbocycles. The predicted molar refractivity (Wildman–Crippen MR) is 144 cm³/mol. The standard InChI is InChI=1S/C24H27N7O3S2/c1-3-34-24(32)30-36(2,33)19-10-8-18(9-11-19)28-23-26-17-20(21-7-4-16-35-21)22(29-23)25-12-5-14-31-15-6-13-27-31/h4,6-11,13,15-17H,2-3,5,12,14H2,1H3,(H,30,32,33)(H2,25,26,28,29). The first-order valence-electron chi connectivity index (χ1n) is 11.3. The van der Waals surface area contributed by atoms with Crippen LogP contribution in [0.5, 0.6) is 0 Å². The first-order valence-corrected chi connectivity index (χ1v) is 13.9. The summed E-state index contributed by atoms with van der Waals surface area (Å²) in [4.78, 5) is 22.3. The maximum Gasteiger partial charge on any atom is 0.418 e. The summed E-state index contributed by atoms with van der Waals surface area (Å²) in [5.74, 6) is 4.77. The number of carbonyl (C=O) groups excluding carboxylic acids is 1. The van der Waals surface area contributed by atoms with Gasteiger partial charge in [-0.25, -0.2) is 18.7 Å². The second-order valence-electron chi connectivity index (χ2n) is 7.63. The number of nitrogens with zero attached hydrogens (tertiary/aromatic N) is 4. The number of anilines is 3. The molecule has 0 bridgehead atoms. The number of nitrogens with one attached hydrogen (secondary N) is 3. The minimum atomic E-state index is -3.04. The van der Waals surface area contributed by atoms with E-state index in [2.05, 4.69) is 31.3 Å². The molecule has 3 heterocycles. The molecule has 1 aromatic carbocycles. The second-order valence-corrected chi connectivity index (χ2v) is 10.6. The summed E-state index contributed by atoms with van der Waals surface area (Å²) in [5.41, 5.74) is 1.62. The van der Waals surface area contributed by atoms with Crippen molar-refractivity contribution in [3.63, 3.8) is 0 Å². The van der Waals surface area contributed by atoms with Crippen LogP contribution in [0.15, 0.2) is 71.3 Å². The van der Waals surface area contributed by atoms with Gasteiger partial charge in [-0.15, -0.1) is 11.3 Å². The molecular formula is C24H27N7O3S2. The van der Waals surface area contributed by atoms with Gasteiger partial charge in [0.25, 0.3) is 0 Å². The van der Waals surface area contributed by atoms with E-state index in [9.17, 15) is 9.00 Å². The molecule has 0 aliphatic carbocycles. The van der Waals surface area contributed by atoms with E-state index in [4.69, 9.17) is 9.72 Å². The number of ether oxygens (including phenoxy) is 1. The number of rotatable bonds is 11. The Morgan fingerprint density at radius 2 is 2.06 bits per heavy atom. The van der Waals surface area contributed by atoms with Gasteiger partial charge in [0.2, 0.25) is 5.95 Å². The maximum absolute atomic E-state index is 12.8. The quantitative estimate of drug-likeness (QED) is 0.195. The van der Waals surface area contributed by atoms with Crippen LogP contribution < -0.4 is 15.4 Å². The van der Waals surface area contributed by atoms with Crippen molar-refractivity contribution in [3.8, 4) is 10.4 Å². The van der Waals surface area contributed by atoms with Crippen molar-refractivity contribution >= 4 is 50.5 Å². The molecule has 0 aliphatic rings. The second kappa shape index (κ2) is 11.7. The molecule has 188 valence electrons. The van der Waals surface area contributed by atoms with Crippen molar-refractivity contribution in [1.29, 1.82) is 0 Å². The third-order valence-electron chi connectivity index (χ3n) is 5.01. The molecule has 0 saturated heterocycles. The van der Waals surface area contributed by atoms with Crippen molar-refractivity contribution in [2.75, 3.05) is 23.8 Å².